The number of anilines is 1. The van der Waals surface area contributed by atoms with E-state index >= 15 is 0 Å². The molecule has 4 nitrogen and oxygen atoms in total. The first-order valence-electron chi connectivity index (χ1n) is 10.2. The van der Waals surface area contributed by atoms with Crippen LogP contribution >= 0.6 is 11.8 Å². The second-order valence-electron chi connectivity index (χ2n) is 9.82. The van der Waals surface area contributed by atoms with E-state index in [2.05, 4.69) is 110 Å². The molecular weight excluding hydrogens is 376 g/mol. The van der Waals surface area contributed by atoms with E-state index in [1.165, 1.54) is 16.8 Å². The molecule has 1 aromatic heterocycles. The average Bonchev–Trinajstić information content (AvgIpc) is 3.10. The van der Waals surface area contributed by atoms with Crippen molar-refractivity contribution < 1.29 is 0 Å². The van der Waals surface area contributed by atoms with Gasteiger partial charge >= 0.3 is 0 Å². The number of fused-ring (bicyclic) bond motifs is 1. The third-order valence-electron chi connectivity index (χ3n) is 5.42. The summed E-state index contributed by atoms with van der Waals surface area (Å²) in [6, 6.07) is 17.5. The second kappa shape index (κ2) is 7.21. The van der Waals surface area contributed by atoms with Crippen LogP contribution in [-0.2, 0) is 17.5 Å². The highest BCUT2D eigenvalue weighted by Gasteiger charge is 2.26. The van der Waals surface area contributed by atoms with Crippen LogP contribution in [0.15, 0.2) is 53.7 Å². The highest BCUT2D eigenvalue weighted by molar-refractivity contribution is 7.99. The fourth-order valence-electron chi connectivity index (χ4n) is 3.50. The number of aromatic nitrogens is 3. The summed E-state index contributed by atoms with van der Waals surface area (Å²) < 4.78 is 2.25. The van der Waals surface area contributed by atoms with Gasteiger partial charge in [0.25, 0.3) is 0 Å². The Bertz CT molecular complexity index is 977. The summed E-state index contributed by atoms with van der Waals surface area (Å²) in [5.74, 6) is 1.84. The molecule has 29 heavy (non-hydrogen) atoms. The number of thioether (sulfide) groups is 1. The van der Waals surface area contributed by atoms with E-state index in [1.807, 2.05) is 0 Å². The Kier molecular flexibility index (Phi) is 4.97. The number of nitrogens with zero attached hydrogens (tertiary/aromatic N) is 4. The van der Waals surface area contributed by atoms with Crippen molar-refractivity contribution in [2.24, 2.45) is 0 Å². The quantitative estimate of drug-likeness (QED) is 0.517. The van der Waals surface area contributed by atoms with Crippen molar-refractivity contribution in [2.45, 2.75) is 64.2 Å². The Hall–Kier alpha value is -2.27. The van der Waals surface area contributed by atoms with Crippen molar-refractivity contribution in [2.75, 3.05) is 10.8 Å². The predicted octanol–water partition coefficient (Wildman–Crippen LogP) is 6.07. The van der Waals surface area contributed by atoms with Gasteiger partial charge < -0.3 is 4.90 Å². The molecule has 152 valence electrons. The van der Waals surface area contributed by atoms with Crippen molar-refractivity contribution in [3.63, 3.8) is 0 Å². The van der Waals surface area contributed by atoms with Crippen LogP contribution in [0.5, 0.6) is 0 Å². The summed E-state index contributed by atoms with van der Waals surface area (Å²) in [4.78, 5) is 2.36. The minimum absolute atomic E-state index is 0.0750. The summed E-state index contributed by atoms with van der Waals surface area (Å²) in [6.07, 6.45) is 0. The molecule has 2 heterocycles. The van der Waals surface area contributed by atoms with Crippen LogP contribution in [0.3, 0.4) is 0 Å². The molecule has 0 spiro atoms. The SMILES string of the molecule is CC(C)(C)c1cc(-c2nnc3n2CN(c2ccccc2)CS3)cc(C(C)(C)C)c1. The maximum Gasteiger partial charge on any atom is 0.194 e. The van der Waals surface area contributed by atoms with Crippen molar-refractivity contribution in [1.29, 1.82) is 0 Å². The van der Waals surface area contributed by atoms with Gasteiger partial charge in [0.1, 0.15) is 0 Å². The molecule has 1 aliphatic heterocycles. The van der Waals surface area contributed by atoms with Crippen LogP contribution in [0, 0.1) is 0 Å². The minimum atomic E-state index is 0.0750. The van der Waals surface area contributed by atoms with E-state index in [-0.39, 0.29) is 10.8 Å². The lowest BCUT2D eigenvalue weighted by Gasteiger charge is -2.30. The average molecular weight is 407 g/mol. The Morgan fingerprint density at radius 2 is 1.45 bits per heavy atom. The maximum absolute atomic E-state index is 4.61. The second-order valence-corrected chi connectivity index (χ2v) is 10.7. The predicted molar refractivity (Wildman–Crippen MR) is 123 cm³/mol. The van der Waals surface area contributed by atoms with E-state index in [0.717, 1.165) is 29.1 Å². The van der Waals surface area contributed by atoms with Crippen LogP contribution in [0.1, 0.15) is 52.7 Å². The normalized spacial score (nSPS) is 14.8. The summed E-state index contributed by atoms with van der Waals surface area (Å²) >= 11 is 1.74. The van der Waals surface area contributed by atoms with E-state index in [4.69, 9.17) is 0 Å². The van der Waals surface area contributed by atoms with Crippen LogP contribution in [0.4, 0.5) is 5.69 Å². The van der Waals surface area contributed by atoms with Crippen molar-refractivity contribution in [1.82, 2.24) is 14.8 Å². The van der Waals surface area contributed by atoms with Gasteiger partial charge in [-0.15, -0.1) is 10.2 Å². The Morgan fingerprint density at radius 3 is 2.03 bits per heavy atom. The summed E-state index contributed by atoms with van der Waals surface area (Å²) in [7, 11) is 0. The van der Waals surface area contributed by atoms with E-state index < -0.39 is 0 Å². The molecule has 0 amide bonds. The maximum atomic E-state index is 4.61. The smallest absolute Gasteiger partial charge is 0.194 e. The van der Waals surface area contributed by atoms with Crippen LogP contribution < -0.4 is 4.90 Å². The zero-order valence-electron chi connectivity index (χ0n) is 18.2. The van der Waals surface area contributed by atoms with Gasteiger partial charge in [0, 0.05) is 11.3 Å². The number of hydrogen-bond donors (Lipinski definition) is 0. The minimum Gasteiger partial charge on any atom is -0.344 e. The van der Waals surface area contributed by atoms with Gasteiger partial charge in [0.05, 0.1) is 12.5 Å². The van der Waals surface area contributed by atoms with Gasteiger partial charge in [0.2, 0.25) is 0 Å². The van der Waals surface area contributed by atoms with Crippen molar-refractivity contribution in [3.05, 3.63) is 59.7 Å². The highest BCUT2D eigenvalue weighted by Crippen LogP contribution is 2.36. The molecule has 0 N–H and O–H groups in total. The lowest BCUT2D eigenvalue weighted by molar-refractivity contribution is 0.568. The van der Waals surface area contributed by atoms with Crippen LogP contribution in [0.25, 0.3) is 11.4 Å². The highest BCUT2D eigenvalue weighted by atomic mass is 32.2. The first kappa shape index (κ1) is 20.0. The molecule has 0 saturated carbocycles. The monoisotopic (exact) mass is 406 g/mol. The van der Waals surface area contributed by atoms with Gasteiger partial charge in [-0.2, -0.15) is 0 Å². The lowest BCUT2D eigenvalue weighted by atomic mass is 9.79. The molecule has 5 heteroatoms. The first-order chi connectivity index (χ1) is 13.6. The topological polar surface area (TPSA) is 34.0 Å². The molecule has 1 aliphatic rings. The molecule has 4 rings (SSSR count). The molecule has 0 bridgehead atoms. The van der Waals surface area contributed by atoms with E-state index in [1.54, 1.807) is 11.8 Å². The summed E-state index contributed by atoms with van der Waals surface area (Å²) in [5.41, 5.74) is 5.19. The molecule has 2 aromatic carbocycles. The van der Waals surface area contributed by atoms with Gasteiger partial charge in [-0.05, 0) is 46.2 Å². The molecule has 0 saturated heterocycles. The Labute approximate surface area is 178 Å². The molecule has 0 fully saturated rings. The molecule has 0 aliphatic carbocycles. The standard InChI is InChI=1S/C24H30N4S/c1-23(2,3)18-12-17(13-19(14-18)24(4,5)6)21-25-26-22-28(21)15-27(16-29-22)20-10-8-7-9-11-20/h7-14H,15-16H2,1-6H3. The third kappa shape index (κ3) is 4.06. The molecule has 0 unspecified atom stereocenters. The number of hydrogen-bond acceptors (Lipinski definition) is 4. The lowest BCUT2D eigenvalue weighted by Crippen LogP contribution is -2.30. The third-order valence-corrected chi connectivity index (χ3v) is 6.42. The van der Waals surface area contributed by atoms with Crippen molar-refractivity contribution >= 4 is 17.4 Å². The summed E-state index contributed by atoms with van der Waals surface area (Å²) in [5, 5.41) is 10.1. The van der Waals surface area contributed by atoms with E-state index in [9.17, 15) is 0 Å². The van der Waals surface area contributed by atoms with Gasteiger partial charge in [-0.25, -0.2) is 0 Å². The van der Waals surface area contributed by atoms with Crippen LogP contribution in [0.2, 0.25) is 0 Å². The fourth-order valence-corrected chi connectivity index (χ4v) is 4.40. The molecule has 0 radical (unpaired) electrons. The number of para-hydroxylation sites is 1. The molecule has 0 atom stereocenters. The number of benzene rings is 2. The van der Waals surface area contributed by atoms with Gasteiger partial charge in [0.15, 0.2) is 11.0 Å². The van der Waals surface area contributed by atoms with Crippen LogP contribution in [-0.4, -0.2) is 20.6 Å². The number of rotatable bonds is 2. The Morgan fingerprint density at radius 1 is 0.828 bits per heavy atom. The molecule has 3 aromatic rings. The Balaban J connectivity index is 1.78. The van der Waals surface area contributed by atoms with Gasteiger partial charge in [-0.3, -0.25) is 4.57 Å². The first-order valence-corrected chi connectivity index (χ1v) is 11.1. The summed E-state index contributed by atoms with van der Waals surface area (Å²) in [6.45, 7) is 14.4. The zero-order chi connectivity index (χ0) is 20.8. The van der Waals surface area contributed by atoms with Crippen molar-refractivity contribution in [3.8, 4) is 11.4 Å². The molecular formula is C24H30N4S. The van der Waals surface area contributed by atoms with Gasteiger partial charge in [-0.1, -0.05) is 77.6 Å². The fraction of sp³-hybridized carbons (Fsp3) is 0.417. The van der Waals surface area contributed by atoms with E-state index in [0.29, 0.717) is 0 Å². The largest absolute Gasteiger partial charge is 0.344 e. The zero-order valence-corrected chi connectivity index (χ0v) is 19.0.